The van der Waals surface area contributed by atoms with Crippen LogP contribution in [0.15, 0.2) is 265 Å². The van der Waals surface area contributed by atoms with Gasteiger partial charge in [0.25, 0.3) is 0 Å². The number of aromatic nitrogens is 4. The largest absolute Gasteiger partial charge is 0.453 e. The predicted octanol–water partition coefficient (Wildman–Crippen LogP) is 17.9. The molecular formula is C66H42N6OS. The predicted molar refractivity (Wildman–Crippen MR) is 301 cm³/mol. The van der Waals surface area contributed by atoms with Crippen molar-refractivity contribution in [2.45, 2.75) is 9.79 Å². The van der Waals surface area contributed by atoms with Crippen LogP contribution in [0.1, 0.15) is 0 Å². The minimum absolute atomic E-state index is 0.630. The molecule has 0 amide bonds. The smallest absolute Gasteiger partial charge is 0.160 e. The molecule has 0 saturated heterocycles. The van der Waals surface area contributed by atoms with Gasteiger partial charge in [0.15, 0.2) is 23.1 Å². The number of ether oxygens (including phenoxy) is 1. The Hall–Kier alpha value is -9.63. The number of nitrogens with zero attached hydrogens (tertiary/aromatic N) is 6. The number of fused-ring (bicyclic) bond motifs is 5. The van der Waals surface area contributed by atoms with Crippen LogP contribution in [-0.2, 0) is 0 Å². The molecule has 0 bridgehead atoms. The van der Waals surface area contributed by atoms with Crippen molar-refractivity contribution in [2.75, 3.05) is 9.80 Å². The van der Waals surface area contributed by atoms with Crippen LogP contribution in [0.3, 0.4) is 0 Å². The van der Waals surface area contributed by atoms with Crippen LogP contribution in [-0.4, -0.2) is 19.9 Å². The quantitative estimate of drug-likeness (QED) is 0.149. The molecule has 0 radical (unpaired) electrons. The van der Waals surface area contributed by atoms with E-state index in [1.54, 1.807) is 11.8 Å². The molecule has 0 unspecified atom stereocenters. The minimum atomic E-state index is 0.630. The third-order valence-electron chi connectivity index (χ3n) is 13.6. The van der Waals surface area contributed by atoms with Gasteiger partial charge < -0.3 is 14.5 Å². The minimum Gasteiger partial charge on any atom is -0.453 e. The SMILES string of the molecule is c1ccc(-c2cc(-c3cc(N4c5ccccc5Sc5ccccc54)cc4c(-c5cc(-c6ccccc6)nc(-c6ccccc6)n5)cc(N5c6ccccc6Oc6ccccc65)cc34)nc(-c3ccccc3)n2)cc1. The highest BCUT2D eigenvalue weighted by molar-refractivity contribution is 7.99. The second kappa shape index (κ2) is 18.2. The molecule has 2 aliphatic rings. The van der Waals surface area contributed by atoms with Crippen LogP contribution in [0.2, 0.25) is 0 Å². The Balaban J connectivity index is 1.14. The van der Waals surface area contributed by atoms with Crippen molar-refractivity contribution in [1.82, 2.24) is 19.9 Å². The summed E-state index contributed by atoms with van der Waals surface area (Å²) >= 11 is 1.79. The van der Waals surface area contributed by atoms with E-state index in [4.69, 9.17) is 24.7 Å². The normalized spacial score (nSPS) is 12.3. The summed E-state index contributed by atoms with van der Waals surface area (Å²) in [6, 6.07) is 88.6. The maximum absolute atomic E-state index is 6.62. The molecule has 2 aliphatic heterocycles. The Morgan fingerprint density at radius 2 is 0.635 bits per heavy atom. The molecule has 0 spiro atoms. The van der Waals surface area contributed by atoms with E-state index in [9.17, 15) is 0 Å². The fraction of sp³-hybridized carbons (Fsp3) is 0. The highest BCUT2D eigenvalue weighted by Crippen LogP contribution is 2.55. The van der Waals surface area contributed by atoms with Gasteiger partial charge in [-0.1, -0.05) is 182 Å². The first kappa shape index (κ1) is 43.2. The summed E-state index contributed by atoms with van der Waals surface area (Å²) in [4.78, 5) is 28.7. The summed E-state index contributed by atoms with van der Waals surface area (Å²) in [6.45, 7) is 0. The first-order valence-electron chi connectivity index (χ1n) is 24.6. The van der Waals surface area contributed by atoms with Gasteiger partial charge in [-0.25, -0.2) is 19.9 Å². The molecule has 2 aromatic heterocycles. The van der Waals surface area contributed by atoms with E-state index in [2.05, 4.69) is 192 Å². The van der Waals surface area contributed by atoms with Crippen molar-refractivity contribution < 1.29 is 4.74 Å². The standard InChI is InChI=1S/C66H42N6OS/c1-5-21-43(22-6-1)53-41-55(69-65(67-53)45-25-9-3-10-26-45)51-39-47(71-57-29-13-17-33-61(57)73-62-34-18-14-30-58(62)71)37-49-50(51)38-48(72-59-31-15-19-35-63(59)74-64-36-20-16-32-60(64)72)40-52(49)56-42-54(44-23-7-2-8-24-44)68-66(70-56)46-27-11-4-12-28-46/h1-42H. The molecule has 0 saturated carbocycles. The number of hydrogen-bond acceptors (Lipinski definition) is 8. The number of rotatable bonds is 8. The summed E-state index contributed by atoms with van der Waals surface area (Å²) in [5.74, 6) is 2.79. The molecule has 0 atom stereocenters. The lowest BCUT2D eigenvalue weighted by molar-refractivity contribution is 0.477. The van der Waals surface area contributed by atoms with E-state index >= 15 is 0 Å². The summed E-state index contributed by atoms with van der Waals surface area (Å²) < 4.78 is 6.62. The number of anilines is 6. The van der Waals surface area contributed by atoms with Crippen LogP contribution in [0.25, 0.3) is 78.6 Å². The number of benzene rings is 10. The zero-order valence-corrected chi connectivity index (χ0v) is 40.6. The average molecular weight is 967 g/mol. The Bertz CT molecular complexity index is 3630. The molecule has 4 heterocycles. The van der Waals surface area contributed by atoms with E-state index in [-0.39, 0.29) is 0 Å². The molecule has 0 fully saturated rings. The molecule has 14 rings (SSSR count). The second-order valence-corrected chi connectivity index (χ2v) is 19.3. The first-order chi connectivity index (χ1) is 36.7. The Morgan fingerprint density at radius 3 is 1.07 bits per heavy atom. The van der Waals surface area contributed by atoms with E-state index in [0.717, 1.165) is 113 Å². The monoisotopic (exact) mass is 966 g/mol. The summed E-state index contributed by atoms with van der Waals surface area (Å²) in [6.07, 6.45) is 0. The van der Waals surface area contributed by atoms with Crippen molar-refractivity contribution in [3.05, 3.63) is 255 Å². The van der Waals surface area contributed by atoms with Crippen molar-refractivity contribution >= 4 is 56.7 Å². The molecule has 7 nitrogen and oxygen atoms in total. The Labute approximate surface area is 432 Å². The molecule has 10 aromatic carbocycles. The van der Waals surface area contributed by atoms with Gasteiger partial charge >= 0.3 is 0 Å². The van der Waals surface area contributed by atoms with E-state index < -0.39 is 0 Å². The van der Waals surface area contributed by atoms with E-state index in [1.807, 2.05) is 72.8 Å². The van der Waals surface area contributed by atoms with E-state index in [1.165, 1.54) is 9.79 Å². The van der Waals surface area contributed by atoms with Gasteiger partial charge in [-0.15, -0.1) is 0 Å². The van der Waals surface area contributed by atoms with Crippen molar-refractivity contribution in [1.29, 1.82) is 0 Å². The van der Waals surface area contributed by atoms with Crippen molar-refractivity contribution in [3.8, 4) is 79.3 Å². The molecule has 0 N–H and O–H groups in total. The van der Waals surface area contributed by atoms with Crippen LogP contribution < -0.4 is 14.5 Å². The molecule has 8 heteroatoms. The fourth-order valence-corrected chi connectivity index (χ4v) is 11.3. The number of para-hydroxylation sites is 6. The Kier molecular flexibility index (Phi) is 10.6. The molecule has 74 heavy (non-hydrogen) atoms. The van der Waals surface area contributed by atoms with Gasteiger partial charge in [0.2, 0.25) is 0 Å². The highest BCUT2D eigenvalue weighted by Gasteiger charge is 2.30. The van der Waals surface area contributed by atoms with Gasteiger partial charge in [-0.2, -0.15) is 0 Å². The lowest BCUT2D eigenvalue weighted by atomic mass is 9.92. The maximum Gasteiger partial charge on any atom is 0.160 e. The molecule has 12 aromatic rings. The van der Waals surface area contributed by atoms with Crippen molar-refractivity contribution in [2.24, 2.45) is 0 Å². The van der Waals surface area contributed by atoms with Gasteiger partial charge in [-0.05, 0) is 95.7 Å². The van der Waals surface area contributed by atoms with Gasteiger partial charge in [0.1, 0.15) is 0 Å². The second-order valence-electron chi connectivity index (χ2n) is 18.2. The number of hydrogen-bond donors (Lipinski definition) is 0. The highest BCUT2D eigenvalue weighted by atomic mass is 32.2. The zero-order chi connectivity index (χ0) is 49.0. The average Bonchev–Trinajstić information content (AvgIpc) is 3.48. The molecule has 0 aliphatic carbocycles. The first-order valence-corrected chi connectivity index (χ1v) is 25.4. The van der Waals surface area contributed by atoms with Crippen LogP contribution in [0.5, 0.6) is 11.5 Å². The van der Waals surface area contributed by atoms with Crippen molar-refractivity contribution in [3.63, 3.8) is 0 Å². The van der Waals surface area contributed by atoms with Gasteiger partial charge in [0.05, 0.1) is 45.5 Å². The van der Waals surface area contributed by atoms with Crippen LogP contribution >= 0.6 is 11.8 Å². The maximum atomic E-state index is 6.62. The van der Waals surface area contributed by atoms with Gasteiger partial charge in [0, 0.05) is 54.5 Å². The fourth-order valence-electron chi connectivity index (χ4n) is 10.2. The summed E-state index contributed by atoms with van der Waals surface area (Å²) in [5.41, 5.74) is 14.8. The third-order valence-corrected chi connectivity index (χ3v) is 14.8. The van der Waals surface area contributed by atoms with Crippen LogP contribution in [0.4, 0.5) is 34.1 Å². The molecule has 348 valence electrons. The third kappa shape index (κ3) is 7.73. The van der Waals surface area contributed by atoms with E-state index in [0.29, 0.717) is 11.6 Å². The topological polar surface area (TPSA) is 67.3 Å². The molecular weight excluding hydrogens is 925 g/mol. The Morgan fingerprint density at radius 1 is 0.297 bits per heavy atom. The van der Waals surface area contributed by atoms with Crippen LogP contribution in [0, 0.1) is 0 Å². The summed E-state index contributed by atoms with van der Waals surface area (Å²) in [5, 5.41) is 1.97. The lowest BCUT2D eigenvalue weighted by Crippen LogP contribution is -2.16. The zero-order valence-electron chi connectivity index (χ0n) is 39.7. The lowest BCUT2D eigenvalue weighted by Gasteiger charge is -2.34. The van der Waals surface area contributed by atoms with Gasteiger partial charge in [-0.3, -0.25) is 0 Å². The summed E-state index contributed by atoms with van der Waals surface area (Å²) in [7, 11) is 0.